The second kappa shape index (κ2) is 5.12. The molecule has 1 N–H and O–H groups in total. The highest BCUT2D eigenvalue weighted by Crippen LogP contribution is 2.40. The predicted octanol–water partition coefficient (Wildman–Crippen LogP) is 4.96. The fourth-order valence-corrected chi connectivity index (χ4v) is 3.16. The van der Waals surface area contributed by atoms with E-state index in [-0.39, 0.29) is 12.8 Å². The van der Waals surface area contributed by atoms with Crippen molar-refractivity contribution in [1.82, 2.24) is 0 Å². The van der Waals surface area contributed by atoms with E-state index in [4.69, 9.17) is 32.7 Å². The van der Waals surface area contributed by atoms with Crippen LogP contribution in [-0.2, 0) is 0 Å². The van der Waals surface area contributed by atoms with Crippen LogP contribution in [0, 0.1) is 0 Å². The Labute approximate surface area is 125 Å². The van der Waals surface area contributed by atoms with Crippen LogP contribution in [0.25, 0.3) is 0 Å². The van der Waals surface area contributed by atoms with Crippen LogP contribution in [0.2, 0.25) is 9.36 Å². The predicted molar refractivity (Wildman–Crippen MR) is 78.9 cm³/mol. The van der Waals surface area contributed by atoms with Crippen LogP contribution < -0.4 is 14.8 Å². The zero-order valence-corrected chi connectivity index (χ0v) is 12.4. The lowest BCUT2D eigenvalue weighted by Crippen LogP contribution is -2.05. The van der Waals surface area contributed by atoms with Crippen molar-refractivity contribution < 1.29 is 9.47 Å². The smallest absolute Gasteiger partial charge is 0.231 e. The molecule has 100 valence electrons. The van der Waals surface area contributed by atoms with Crippen LogP contribution in [0.3, 0.4) is 0 Å². The minimum atomic E-state index is 0.121. The number of benzene rings is 1. The van der Waals surface area contributed by atoms with Gasteiger partial charge in [0.1, 0.15) is 0 Å². The molecule has 0 radical (unpaired) electrons. The van der Waals surface area contributed by atoms with Gasteiger partial charge in [-0.1, -0.05) is 23.2 Å². The largest absolute Gasteiger partial charge is 0.454 e. The molecule has 3 rings (SSSR count). The standard InChI is InChI=1S/C13H11Cl2NO2S/c1-7(12-2-3-13(15)19-12)16-9-5-11-10(4-8(9)14)17-6-18-11/h2-5,7,16H,6H2,1H3. The van der Waals surface area contributed by atoms with E-state index in [0.717, 1.165) is 14.9 Å². The monoisotopic (exact) mass is 315 g/mol. The van der Waals surface area contributed by atoms with Crippen LogP contribution in [0.15, 0.2) is 24.3 Å². The Kier molecular flexibility index (Phi) is 3.48. The molecule has 0 aliphatic carbocycles. The van der Waals surface area contributed by atoms with Gasteiger partial charge in [0.15, 0.2) is 11.5 Å². The summed E-state index contributed by atoms with van der Waals surface area (Å²) in [6, 6.07) is 7.64. The summed E-state index contributed by atoms with van der Waals surface area (Å²) >= 11 is 13.7. The molecule has 1 aromatic heterocycles. The van der Waals surface area contributed by atoms with Crippen LogP contribution in [0.1, 0.15) is 17.8 Å². The number of ether oxygens (including phenoxy) is 2. The molecule has 2 aromatic rings. The molecule has 0 saturated heterocycles. The highest BCUT2D eigenvalue weighted by molar-refractivity contribution is 7.16. The Bertz CT molecular complexity index is 615. The van der Waals surface area contributed by atoms with Gasteiger partial charge in [0.05, 0.1) is 21.1 Å². The van der Waals surface area contributed by atoms with E-state index in [2.05, 4.69) is 12.2 Å². The van der Waals surface area contributed by atoms with Gasteiger partial charge in [0.2, 0.25) is 6.79 Å². The molecule has 2 heterocycles. The Morgan fingerprint density at radius 1 is 1.21 bits per heavy atom. The molecule has 1 aliphatic rings. The van der Waals surface area contributed by atoms with Crippen molar-refractivity contribution in [3.05, 3.63) is 38.5 Å². The number of fused-ring (bicyclic) bond motifs is 1. The molecule has 0 bridgehead atoms. The van der Waals surface area contributed by atoms with Crippen molar-refractivity contribution >= 4 is 40.2 Å². The maximum absolute atomic E-state index is 6.22. The summed E-state index contributed by atoms with van der Waals surface area (Å²) in [5, 5.41) is 3.96. The first-order chi connectivity index (χ1) is 9.13. The molecule has 3 nitrogen and oxygen atoms in total. The minimum Gasteiger partial charge on any atom is -0.454 e. The van der Waals surface area contributed by atoms with Crippen molar-refractivity contribution in [1.29, 1.82) is 0 Å². The van der Waals surface area contributed by atoms with Crippen LogP contribution in [0.4, 0.5) is 5.69 Å². The highest BCUT2D eigenvalue weighted by atomic mass is 35.5. The second-order valence-electron chi connectivity index (χ2n) is 4.19. The molecule has 1 unspecified atom stereocenters. The molecule has 6 heteroatoms. The van der Waals surface area contributed by atoms with Crippen molar-refractivity contribution in [3.8, 4) is 11.5 Å². The van der Waals surface area contributed by atoms with Gasteiger partial charge >= 0.3 is 0 Å². The summed E-state index contributed by atoms with van der Waals surface area (Å²) in [4.78, 5) is 1.15. The third-order valence-corrected chi connectivity index (χ3v) is 4.58. The van der Waals surface area contributed by atoms with E-state index in [1.165, 1.54) is 0 Å². The Morgan fingerprint density at radius 3 is 2.63 bits per heavy atom. The molecule has 0 saturated carbocycles. The molecule has 0 fully saturated rings. The average Bonchev–Trinajstić information content (AvgIpc) is 2.98. The molecular formula is C13H11Cl2NO2S. The van der Waals surface area contributed by atoms with E-state index < -0.39 is 0 Å². The Hall–Kier alpha value is -1.10. The number of nitrogens with one attached hydrogen (secondary N) is 1. The van der Waals surface area contributed by atoms with E-state index in [9.17, 15) is 0 Å². The van der Waals surface area contributed by atoms with Gasteiger partial charge in [-0.15, -0.1) is 11.3 Å². The van der Waals surface area contributed by atoms with Gasteiger partial charge in [-0.3, -0.25) is 0 Å². The normalized spacial score (nSPS) is 14.5. The fourth-order valence-electron chi connectivity index (χ4n) is 1.89. The summed E-state index contributed by atoms with van der Waals surface area (Å²) in [6.07, 6.45) is 0. The zero-order valence-electron chi connectivity index (χ0n) is 10.1. The molecule has 0 spiro atoms. The number of anilines is 1. The number of hydrogen-bond acceptors (Lipinski definition) is 4. The van der Waals surface area contributed by atoms with Gasteiger partial charge in [-0.25, -0.2) is 0 Å². The van der Waals surface area contributed by atoms with Gasteiger partial charge in [-0.2, -0.15) is 0 Å². The topological polar surface area (TPSA) is 30.5 Å². The summed E-state index contributed by atoms with van der Waals surface area (Å²) in [5.41, 5.74) is 0.822. The van der Waals surface area contributed by atoms with E-state index in [0.29, 0.717) is 16.5 Å². The average molecular weight is 316 g/mol. The van der Waals surface area contributed by atoms with Gasteiger partial charge in [0, 0.05) is 17.0 Å². The van der Waals surface area contributed by atoms with Crippen molar-refractivity contribution in [3.63, 3.8) is 0 Å². The highest BCUT2D eigenvalue weighted by Gasteiger charge is 2.18. The molecule has 1 aromatic carbocycles. The first-order valence-corrected chi connectivity index (χ1v) is 7.31. The Balaban J connectivity index is 1.83. The molecule has 0 amide bonds. The van der Waals surface area contributed by atoms with Crippen LogP contribution in [-0.4, -0.2) is 6.79 Å². The summed E-state index contributed by atoms with van der Waals surface area (Å²) < 4.78 is 11.4. The van der Waals surface area contributed by atoms with Gasteiger partial charge in [-0.05, 0) is 19.1 Å². The molecule has 1 aliphatic heterocycles. The number of rotatable bonds is 3. The van der Waals surface area contributed by atoms with Crippen molar-refractivity contribution in [2.75, 3.05) is 12.1 Å². The van der Waals surface area contributed by atoms with Gasteiger partial charge in [0.25, 0.3) is 0 Å². The molecule has 19 heavy (non-hydrogen) atoms. The number of halogens is 2. The number of hydrogen-bond donors (Lipinski definition) is 1. The quantitative estimate of drug-likeness (QED) is 0.868. The van der Waals surface area contributed by atoms with Gasteiger partial charge < -0.3 is 14.8 Å². The van der Waals surface area contributed by atoms with Crippen molar-refractivity contribution in [2.24, 2.45) is 0 Å². The lowest BCUT2D eigenvalue weighted by atomic mass is 10.2. The lowest BCUT2D eigenvalue weighted by molar-refractivity contribution is 0.174. The van der Waals surface area contributed by atoms with E-state index in [1.807, 2.05) is 18.2 Å². The minimum absolute atomic E-state index is 0.121. The third kappa shape index (κ3) is 2.61. The van der Waals surface area contributed by atoms with Crippen molar-refractivity contribution in [2.45, 2.75) is 13.0 Å². The fraction of sp³-hybridized carbons (Fsp3) is 0.231. The molecular weight excluding hydrogens is 305 g/mol. The molecule has 1 atom stereocenters. The third-order valence-electron chi connectivity index (χ3n) is 2.86. The summed E-state index contributed by atoms with van der Waals surface area (Å²) in [7, 11) is 0. The first-order valence-electron chi connectivity index (χ1n) is 5.74. The lowest BCUT2D eigenvalue weighted by Gasteiger charge is -2.15. The van der Waals surface area contributed by atoms with Crippen LogP contribution in [0.5, 0.6) is 11.5 Å². The van der Waals surface area contributed by atoms with E-state index in [1.54, 1.807) is 17.4 Å². The first kappa shape index (κ1) is 12.9. The second-order valence-corrected chi connectivity index (χ2v) is 6.35. The summed E-state index contributed by atoms with van der Waals surface area (Å²) in [5.74, 6) is 1.39. The number of thiophene rings is 1. The Morgan fingerprint density at radius 2 is 1.95 bits per heavy atom. The van der Waals surface area contributed by atoms with E-state index >= 15 is 0 Å². The maximum Gasteiger partial charge on any atom is 0.231 e. The van der Waals surface area contributed by atoms with Crippen LogP contribution >= 0.6 is 34.5 Å². The summed E-state index contributed by atoms with van der Waals surface area (Å²) in [6.45, 7) is 2.30. The zero-order chi connectivity index (χ0) is 13.4. The SMILES string of the molecule is CC(Nc1cc2c(cc1Cl)OCO2)c1ccc(Cl)s1. The maximum atomic E-state index is 6.22.